The maximum Gasteiger partial charge on any atom is 0.418 e. The van der Waals surface area contributed by atoms with E-state index in [-0.39, 0.29) is 22.3 Å². The van der Waals surface area contributed by atoms with E-state index in [1.54, 1.807) is 6.07 Å². The minimum absolute atomic E-state index is 0.00986. The molecule has 2 rings (SSSR count). The van der Waals surface area contributed by atoms with Crippen LogP contribution in [-0.4, -0.2) is 12.1 Å². The summed E-state index contributed by atoms with van der Waals surface area (Å²) in [6, 6.07) is 4.37. The van der Waals surface area contributed by atoms with Crippen molar-refractivity contribution >= 4 is 16.6 Å². The Morgan fingerprint density at radius 1 is 1.29 bits per heavy atom. The number of pyridine rings is 1. The predicted molar refractivity (Wildman–Crippen MR) is 57.7 cm³/mol. The highest BCUT2D eigenvalue weighted by molar-refractivity contribution is 5.98. The number of ether oxygens (including phenoxy) is 1. The molecule has 0 saturated carbocycles. The van der Waals surface area contributed by atoms with Crippen LogP contribution in [0.5, 0.6) is 5.75 Å². The van der Waals surface area contributed by atoms with Crippen LogP contribution in [-0.2, 0) is 6.18 Å². The van der Waals surface area contributed by atoms with Crippen LogP contribution in [0.4, 0.5) is 19.0 Å². The Balaban J connectivity index is 2.88. The van der Waals surface area contributed by atoms with Crippen molar-refractivity contribution in [3.63, 3.8) is 0 Å². The number of anilines is 1. The molecule has 2 aromatic rings. The maximum atomic E-state index is 12.8. The average Bonchev–Trinajstić information content (AvgIpc) is 2.27. The maximum absolute atomic E-state index is 12.8. The zero-order valence-corrected chi connectivity index (χ0v) is 8.88. The molecule has 0 aliphatic rings. The lowest BCUT2D eigenvalue weighted by Gasteiger charge is -2.13. The molecule has 2 N–H and O–H groups in total. The van der Waals surface area contributed by atoms with Gasteiger partial charge in [0.05, 0.1) is 18.1 Å². The molecule has 1 aromatic carbocycles. The summed E-state index contributed by atoms with van der Waals surface area (Å²) in [4.78, 5) is 3.56. The molecule has 0 bridgehead atoms. The Labute approximate surface area is 95.0 Å². The van der Waals surface area contributed by atoms with Crippen LogP contribution in [0.3, 0.4) is 0 Å². The fourth-order valence-electron chi connectivity index (χ4n) is 1.68. The number of hydrogen-bond acceptors (Lipinski definition) is 3. The quantitative estimate of drug-likeness (QED) is 0.836. The molecule has 0 aliphatic heterocycles. The van der Waals surface area contributed by atoms with E-state index in [4.69, 9.17) is 10.5 Å². The van der Waals surface area contributed by atoms with E-state index in [1.807, 2.05) is 0 Å². The normalized spacial score (nSPS) is 11.8. The van der Waals surface area contributed by atoms with Crippen LogP contribution < -0.4 is 10.5 Å². The molecule has 90 valence electrons. The Morgan fingerprint density at radius 2 is 2.00 bits per heavy atom. The number of benzene rings is 1. The van der Waals surface area contributed by atoms with Crippen molar-refractivity contribution in [2.45, 2.75) is 6.18 Å². The average molecular weight is 242 g/mol. The number of nitrogen functional groups attached to an aromatic ring is 1. The first-order valence-electron chi connectivity index (χ1n) is 4.73. The molecular weight excluding hydrogens is 233 g/mol. The van der Waals surface area contributed by atoms with Gasteiger partial charge >= 0.3 is 6.18 Å². The summed E-state index contributed by atoms with van der Waals surface area (Å²) < 4.78 is 43.3. The third kappa shape index (κ3) is 1.86. The summed E-state index contributed by atoms with van der Waals surface area (Å²) in [6.07, 6.45) is -3.73. The molecular formula is C11H9F3N2O. The standard InChI is InChI=1S/C11H9F3N2O/c1-17-8-4-2-3-6-7(11(12,13)14)5-16-10(15)9(6)8/h2-5H,1H3,(H2,15,16). The molecule has 0 saturated heterocycles. The van der Waals surface area contributed by atoms with Gasteiger partial charge in [-0.05, 0) is 6.07 Å². The second-order valence-corrected chi connectivity index (χ2v) is 3.44. The second kappa shape index (κ2) is 3.80. The molecule has 0 aliphatic carbocycles. The van der Waals surface area contributed by atoms with Crippen LogP contribution in [0.1, 0.15) is 5.56 Å². The number of fused-ring (bicyclic) bond motifs is 1. The largest absolute Gasteiger partial charge is 0.496 e. The van der Waals surface area contributed by atoms with Gasteiger partial charge in [0.15, 0.2) is 0 Å². The van der Waals surface area contributed by atoms with E-state index >= 15 is 0 Å². The number of alkyl halides is 3. The third-order valence-corrected chi connectivity index (χ3v) is 2.43. The summed E-state index contributed by atoms with van der Waals surface area (Å²) in [7, 11) is 1.37. The van der Waals surface area contributed by atoms with Crippen LogP contribution >= 0.6 is 0 Å². The minimum atomic E-state index is -4.47. The van der Waals surface area contributed by atoms with Gasteiger partial charge in [-0.3, -0.25) is 0 Å². The lowest BCUT2D eigenvalue weighted by molar-refractivity contribution is -0.136. The molecule has 1 aromatic heterocycles. The van der Waals surface area contributed by atoms with Crippen molar-refractivity contribution in [2.75, 3.05) is 12.8 Å². The number of aromatic nitrogens is 1. The van der Waals surface area contributed by atoms with Crippen LogP contribution in [0.2, 0.25) is 0 Å². The Hall–Kier alpha value is -1.98. The fourth-order valence-corrected chi connectivity index (χ4v) is 1.68. The number of methoxy groups -OCH3 is 1. The highest BCUT2D eigenvalue weighted by Gasteiger charge is 2.33. The zero-order chi connectivity index (χ0) is 12.6. The Morgan fingerprint density at radius 3 is 2.59 bits per heavy atom. The molecule has 6 heteroatoms. The molecule has 0 atom stereocenters. The molecule has 17 heavy (non-hydrogen) atoms. The lowest BCUT2D eigenvalue weighted by Crippen LogP contribution is -2.08. The number of nitrogens with zero attached hydrogens (tertiary/aromatic N) is 1. The molecule has 0 unspecified atom stereocenters. The molecule has 0 fully saturated rings. The molecule has 3 nitrogen and oxygen atoms in total. The van der Waals surface area contributed by atoms with Gasteiger partial charge in [-0.2, -0.15) is 13.2 Å². The Bertz CT molecular complexity index is 566. The highest BCUT2D eigenvalue weighted by atomic mass is 19.4. The Kier molecular flexibility index (Phi) is 2.57. The van der Waals surface area contributed by atoms with Gasteiger partial charge in [-0.1, -0.05) is 12.1 Å². The fraction of sp³-hybridized carbons (Fsp3) is 0.182. The smallest absolute Gasteiger partial charge is 0.418 e. The number of rotatable bonds is 1. The summed E-state index contributed by atoms with van der Waals surface area (Å²) in [5.74, 6) is 0.295. The number of halogens is 3. The van der Waals surface area contributed by atoms with E-state index in [0.29, 0.717) is 0 Å². The molecule has 0 radical (unpaired) electrons. The monoisotopic (exact) mass is 242 g/mol. The summed E-state index contributed by atoms with van der Waals surface area (Å²) >= 11 is 0. The van der Waals surface area contributed by atoms with E-state index in [0.717, 1.165) is 6.20 Å². The van der Waals surface area contributed by atoms with E-state index in [9.17, 15) is 13.2 Å². The van der Waals surface area contributed by atoms with Gasteiger partial charge in [0.2, 0.25) is 0 Å². The van der Waals surface area contributed by atoms with Crippen molar-refractivity contribution < 1.29 is 17.9 Å². The van der Waals surface area contributed by atoms with Crippen molar-refractivity contribution in [1.29, 1.82) is 0 Å². The summed E-state index contributed by atoms with van der Waals surface area (Å²) in [5, 5.41) is 0.175. The van der Waals surface area contributed by atoms with Gasteiger partial charge in [0.1, 0.15) is 11.6 Å². The van der Waals surface area contributed by atoms with Gasteiger partial charge in [0, 0.05) is 11.6 Å². The number of nitrogens with two attached hydrogens (primary N) is 1. The lowest BCUT2D eigenvalue weighted by atomic mass is 10.1. The highest BCUT2D eigenvalue weighted by Crippen LogP contribution is 2.38. The van der Waals surface area contributed by atoms with Crippen molar-refractivity contribution in [1.82, 2.24) is 4.98 Å². The third-order valence-electron chi connectivity index (χ3n) is 2.43. The van der Waals surface area contributed by atoms with E-state index in [2.05, 4.69) is 4.98 Å². The van der Waals surface area contributed by atoms with Gasteiger partial charge in [-0.15, -0.1) is 0 Å². The SMILES string of the molecule is COc1cccc2c(C(F)(F)F)cnc(N)c12. The van der Waals surface area contributed by atoms with Gasteiger partial charge in [0.25, 0.3) is 0 Å². The second-order valence-electron chi connectivity index (χ2n) is 3.44. The minimum Gasteiger partial charge on any atom is -0.496 e. The zero-order valence-electron chi connectivity index (χ0n) is 8.88. The van der Waals surface area contributed by atoms with Gasteiger partial charge < -0.3 is 10.5 Å². The van der Waals surface area contributed by atoms with Crippen LogP contribution in [0.25, 0.3) is 10.8 Å². The first-order chi connectivity index (χ1) is 7.95. The molecule has 0 amide bonds. The first kappa shape index (κ1) is 11.5. The molecule has 0 spiro atoms. The van der Waals surface area contributed by atoms with Crippen LogP contribution in [0, 0.1) is 0 Å². The predicted octanol–water partition coefficient (Wildman–Crippen LogP) is 2.84. The van der Waals surface area contributed by atoms with E-state index in [1.165, 1.54) is 19.2 Å². The van der Waals surface area contributed by atoms with E-state index < -0.39 is 11.7 Å². The summed E-state index contributed by atoms with van der Waals surface area (Å²) in [5.41, 5.74) is 4.77. The number of hydrogen-bond donors (Lipinski definition) is 1. The topological polar surface area (TPSA) is 48.1 Å². The van der Waals surface area contributed by atoms with Crippen LogP contribution in [0.15, 0.2) is 24.4 Å². The van der Waals surface area contributed by atoms with Crippen molar-refractivity contribution in [2.24, 2.45) is 0 Å². The summed E-state index contributed by atoms with van der Waals surface area (Å²) in [6.45, 7) is 0. The first-order valence-corrected chi connectivity index (χ1v) is 4.73. The molecule has 1 heterocycles. The van der Waals surface area contributed by atoms with Crippen molar-refractivity contribution in [3.05, 3.63) is 30.0 Å². The van der Waals surface area contributed by atoms with Crippen molar-refractivity contribution in [3.8, 4) is 5.75 Å². The van der Waals surface area contributed by atoms with Gasteiger partial charge in [-0.25, -0.2) is 4.98 Å².